The average Bonchev–Trinajstić information content (AvgIpc) is 2.77. The highest BCUT2D eigenvalue weighted by Crippen LogP contribution is 2.27. The summed E-state index contributed by atoms with van der Waals surface area (Å²) in [5.74, 6) is -1.27. The molecule has 3 atom stereocenters. The molecule has 0 radical (unpaired) electrons. The minimum Gasteiger partial charge on any atom is -0.503 e. The SMILES string of the molecule is COc1ccnc(C(=O)N[C@@H](C)C(=O)O[C@H](Cc2ccccc2)[C@H](C)OCC(C)C)c1O. The second kappa shape index (κ2) is 12.0. The monoisotopic (exact) mass is 444 g/mol. The Morgan fingerprint density at radius 3 is 2.41 bits per heavy atom. The lowest BCUT2D eigenvalue weighted by molar-refractivity contribution is -0.159. The van der Waals surface area contributed by atoms with Gasteiger partial charge in [-0.1, -0.05) is 44.2 Å². The molecule has 0 aliphatic heterocycles. The van der Waals surface area contributed by atoms with Crippen LogP contribution in [0.25, 0.3) is 0 Å². The summed E-state index contributed by atoms with van der Waals surface area (Å²) in [6.45, 7) is 8.01. The highest BCUT2D eigenvalue weighted by atomic mass is 16.6. The Morgan fingerprint density at radius 2 is 1.78 bits per heavy atom. The van der Waals surface area contributed by atoms with Crippen LogP contribution >= 0.6 is 0 Å². The molecule has 8 heteroatoms. The Labute approximate surface area is 188 Å². The molecule has 0 spiro atoms. The molecule has 0 unspecified atom stereocenters. The zero-order valence-corrected chi connectivity index (χ0v) is 19.2. The fourth-order valence-electron chi connectivity index (χ4n) is 2.94. The third kappa shape index (κ3) is 7.23. The van der Waals surface area contributed by atoms with Gasteiger partial charge in [-0.05, 0) is 25.3 Å². The number of methoxy groups -OCH3 is 1. The molecule has 174 valence electrons. The highest BCUT2D eigenvalue weighted by molar-refractivity contribution is 5.97. The van der Waals surface area contributed by atoms with E-state index >= 15 is 0 Å². The van der Waals surface area contributed by atoms with E-state index in [0.717, 1.165) is 5.56 Å². The number of hydrogen-bond donors (Lipinski definition) is 2. The van der Waals surface area contributed by atoms with E-state index in [-0.39, 0.29) is 17.5 Å². The maximum absolute atomic E-state index is 12.8. The standard InChI is InChI=1S/C24H32N2O6/c1-15(2)14-31-17(4)20(13-18-9-7-6-8-10-18)32-24(29)16(3)26-23(28)21-22(27)19(30-5)11-12-25-21/h6-12,15-17,20,27H,13-14H2,1-5H3,(H,26,28)/t16-,17-,20+/m0/s1. The molecule has 1 aromatic carbocycles. The number of benzene rings is 1. The molecular formula is C24H32N2O6. The first-order chi connectivity index (χ1) is 15.2. The van der Waals surface area contributed by atoms with E-state index in [9.17, 15) is 14.7 Å². The first-order valence-corrected chi connectivity index (χ1v) is 10.6. The number of esters is 1. The van der Waals surface area contributed by atoms with Crippen LogP contribution in [0.2, 0.25) is 0 Å². The van der Waals surface area contributed by atoms with Gasteiger partial charge in [-0.25, -0.2) is 9.78 Å². The first-order valence-electron chi connectivity index (χ1n) is 10.6. The van der Waals surface area contributed by atoms with Crippen molar-refractivity contribution in [3.05, 3.63) is 53.9 Å². The van der Waals surface area contributed by atoms with E-state index in [1.54, 1.807) is 0 Å². The van der Waals surface area contributed by atoms with Crippen LogP contribution in [0, 0.1) is 5.92 Å². The molecule has 0 aliphatic carbocycles. The normalized spacial score (nSPS) is 13.8. The summed E-state index contributed by atoms with van der Waals surface area (Å²) in [6.07, 6.45) is 0.935. The van der Waals surface area contributed by atoms with Gasteiger partial charge in [0.25, 0.3) is 5.91 Å². The van der Waals surface area contributed by atoms with Gasteiger partial charge in [0.2, 0.25) is 0 Å². The van der Waals surface area contributed by atoms with Crippen LogP contribution in [-0.2, 0) is 20.7 Å². The molecule has 2 N–H and O–H groups in total. The van der Waals surface area contributed by atoms with E-state index in [1.165, 1.54) is 26.3 Å². The van der Waals surface area contributed by atoms with Crippen molar-refractivity contribution in [2.45, 2.75) is 52.4 Å². The zero-order chi connectivity index (χ0) is 23.7. The summed E-state index contributed by atoms with van der Waals surface area (Å²) >= 11 is 0. The number of carbonyl (C=O) groups excluding carboxylic acids is 2. The van der Waals surface area contributed by atoms with Crippen molar-refractivity contribution in [3.8, 4) is 11.5 Å². The van der Waals surface area contributed by atoms with Gasteiger partial charge in [-0.3, -0.25) is 4.79 Å². The summed E-state index contributed by atoms with van der Waals surface area (Å²) in [6, 6.07) is 10.1. The molecule has 32 heavy (non-hydrogen) atoms. The Balaban J connectivity index is 2.07. The minimum atomic E-state index is -0.967. The lowest BCUT2D eigenvalue weighted by Crippen LogP contribution is -2.43. The van der Waals surface area contributed by atoms with Crippen LogP contribution < -0.4 is 10.1 Å². The summed E-state index contributed by atoms with van der Waals surface area (Å²) in [4.78, 5) is 29.1. The first kappa shape index (κ1) is 25.1. The van der Waals surface area contributed by atoms with Crippen LogP contribution in [0.5, 0.6) is 11.5 Å². The quantitative estimate of drug-likeness (QED) is 0.513. The third-order valence-electron chi connectivity index (χ3n) is 4.79. The number of amides is 1. The molecular weight excluding hydrogens is 412 g/mol. The maximum Gasteiger partial charge on any atom is 0.328 e. The van der Waals surface area contributed by atoms with Crippen molar-refractivity contribution < 1.29 is 28.9 Å². The van der Waals surface area contributed by atoms with Gasteiger partial charge >= 0.3 is 5.97 Å². The number of carbonyl (C=O) groups is 2. The van der Waals surface area contributed by atoms with Gasteiger partial charge in [0.05, 0.1) is 13.2 Å². The van der Waals surface area contributed by atoms with E-state index in [4.69, 9.17) is 14.2 Å². The smallest absolute Gasteiger partial charge is 0.328 e. The van der Waals surface area contributed by atoms with E-state index < -0.39 is 29.8 Å². The highest BCUT2D eigenvalue weighted by Gasteiger charge is 2.28. The number of nitrogens with zero attached hydrogens (tertiary/aromatic N) is 1. The lowest BCUT2D eigenvalue weighted by Gasteiger charge is -2.27. The van der Waals surface area contributed by atoms with Crippen LogP contribution in [0.1, 0.15) is 43.7 Å². The van der Waals surface area contributed by atoms with Crippen LogP contribution in [0.4, 0.5) is 0 Å². The zero-order valence-electron chi connectivity index (χ0n) is 19.2. The molecule has 2 aromatic rings. The maximum atomic E-state index is 12.8. The molecule has 8 nitrogen and oxygen atoms in total. The summed E-state index contributed by atoms with van der Waals surface area (Å²) < 4.78 is 16.6. The van der Waals surface area contributed by atoms with Crippen molar-refractivity contribution >= 4 is 11.9 Å². The molecule has 1 heterocycles. The number of nitrogens with one attached hydrogen (secondary N) is 1. The molecule has 2 rings (SSSR count). The van der Waals surface area contributed by atoms with Gasteiger partial charge < -0.3 is 24.6 Å². The van der Waals surface area contributed by atoms with Crippen molar-refractivity contribution in [1.82, 2.24) is 10.3 Å². The summed E-state index contributed by atoms with van der Waals surface area (Å²) in [5.41, 5.74) is 0.769. The van der Waals surface area contributed by atoms with E-state index in [0.29, 0.717) is 18.9 Å². The predicted molar refractivity (Wildman–Crippen MR) is 120 cm³/mol. The Morgan fingerprint density at radius 1 is 1.09 bits per heavy atom. The molecule has 1 amide bonds. The number of aromatic hydroxyl groups is 1. The minimum absolute atomic E-state index is 0.111. The van der Waals surface area contributed by atoms with Gasteiger partial charge in [0.1, 0.15) is 12.1 Å². The number of rotatable bonds is 11. The van der Waals surface area contributed by atoms with Gasteiger partial charge in [0, 0.05) is 25.3 Å². The predicted octanol–water partition coefficient (Wildman–Crippen LogP) is 3.13. The topological polar surface area (TPSA) is 107 Å². The molecule has 0 saturated carbocycles. The molecule has 1 aromatic heterocycles. The Kier molecular flexibility index (Phi) is 9.46. The van der Waals surface area contributed by atoms with Gasteiger partial charge in [-0.15, -0.1) is 0 Å². The third-order valence-corrected chi connectivity index (χ3v) is 4.79. The van der Waals surface area contributed by atoms with E-state index in [2.05, 4.69) is 10.3 Å². The number of ether oxygens (including phenoxy) is 3. The van der Waals surface area contributed by atoms with Crippen LogP contribution in [0.15, 0.2) is 42.6 Å². The molecule has 0 aliphatic rings. The lowest BCUT2D eigenvalue weighted by atomic mass is 10.0. The number of pyridine rings is 1. The van der Waals surface area contributed by atoms with Gasteiger partial charge in [-0.2, -0.15) is 0 Å². The fourth-order valence-corrected chi connectivity index (χ4v) is 2.94. The van der Waals surface area contributed by atoms with Crippen molar-refractivity contribution in [2.75, 3.05) is 13.7 Å². The summed E-state index contributed by atoms with van der Waals surface area (Å²) in [5, 5.41) is 12.6. The summed E-state index contributed by atoms with van der Waals surface area (Å²) in [7, 11) is 1.37. The molecule has 0 fully saturated rings. The second-order valence-electron chi connectivity index (χ2n) is 8.00. The van der Waals surface area contributed by atoms with Gasteiger partial charge in [0.15, 0.2) is 17.2 Å². The van der Waals surface area contributed by atoms with Crippen molar-refractivity contribution in [3.63, 3.8) is 0 Å². The second-order valence-corrected chi connectivity index (χ2v) is 8.00. The van der Waals surface area contributed by atoms with E-state index in [1.807, 2.05) is 51.1 Å². The number of aromatic nitrogens is 1. The average molecular weight is 445 g/mol. The molecule has 0 saturated heterocycles. The van der Waals surface area contributed by atoms with Crippen LogP contribution in [0.3, 0.4) is 0 Å². The Bertz CT molecular complexity index is 887. The molecule has 0 bridgehead atoms. The van der Waals surface area contributed by atoms with Crippen LogP contribution in [-0.4, -0.2) is 53.9 Å². The largest absolute Gasteiger partial charge is 0.503 e. The van der Waals surface area contributed by atoms with Crippen molar-refractivity contribution in [1.29, 1.82) is 0 Å². The van der Waals surface area contributed by atoms with Crippen molar-refractivity contribution in [2.24, 2.45) is 5.92 Å². The Hall–Kier alpha value is -3.13. The number of hydrogen-bond acceptors (Lipinski definition) is 7. The fraction of sp³-hybridized carbons (Fsp3) is 0.458.